The Morgan fingerprint density at radius 2 is 0.517 bits per heavy atom. The van der Waals surface area contributed by atoms with Crippen molar-refractivity contribution < 1.29 is 103 Å². The molecule has 0 heterocycles. The molecule has 0 aliphatic rings. The second-order valence-electron chi connectivity index (χ2n) is 4.04. The summed E-state index contributed by atoms with van der Waals surface area (Å²) < 4.78 is 0. The molecule has 0 saturated heterocycles. The third kappa shape index (κ3) is 58.5. The van der Waals surface area contributed by atoms with E-state index in [1.165, 1.54) is 0 Å². The molecule has 0 aromatic carbocycles. The summed E-state index contributed by atoms with van der Waals surface area (Å²) in [6.07, 6.45) is 0. The number of carbonyl (C=O) groups is 6. The standard InChI is InChI=1S/3C4H7NO4.Cu.Zr/c3*6-3(7)1-5-2-4(8)9;;/h3*5H,1-2H2,(H,6,7)(H,8,9);;/q;;;+2;+4/p-6. The van der Waals surface area contributed by atoms with Crippen molar-refractivity contribution in [1.29, 1.82) is 0 Å². The average Bonchev–Trinajstić information content (AvgIpc) is 2.46. The maximum absolute atomic E-state index is 9.59. The minimum Gasteiger partial charge on any atom is -0.549 e. The fourth-order valence-corrected chi connectivity index (χ4v) is 0.800. The molecule has 15 nitrogen and oxygen atoms in total. The number of aliphatic carboxylic acids is 6. The molecule has 29 heavy (non-hydrogen) atoms. The molecule has 0 aliphatic heterocycles. The van der Waals surface area contributed by atoms with Crippen LogP contribution in [0.2, 0.25) is 0 Å². The van der Waals surface area contributed by atoms with Crippen molar-refractivity contribution in [1.82, 2.24) is 16.0 Å². The van der Waals surface area contributed by atoms with Gasteiger partial charge in [0.1, 0.15) is 0 Å². The molecule has 0 saturated carbocycles. The van der Waals surface area contributed by atoms with Gasteiger partial charge in [0.2, 0.25) is 0 Å². The van der Waals surface area contributed by atoms with Gasteiger partial charge in [-0.25, -0.2) is 0 Å². The van der Waals surface area contributed by atoms with E-state index in [1.807, 2.05) is 0 Å². The minimum absolute atomic E-state index is 0. The minimum atomic E-state index is -1.34. The largest absolute Gasteiger partial charge is 4.00 e. The summed E-state index contributed by atoms with van der Waals surface area (Å²) in [5, 5.41) is 63.7. The molecule has 0 unspecified atom stereocenters. The van der Waals surface area contributed by atoms with Crippen LogP contribution < -0.4 is 46.6 Å². The number of carbonyl (C=O) groups excluding carboxylic acids is 6. The molecule has 0 aromatic rings. The second kappa shape index (κ2) is 26.1. The van der Waals surface area contributed by atoms with Gasteiger partial charge in [-0.1, -0.05) is 0 Å². The number of carboxylic acids is 6. The molecule has 0 fully saturated rings. The maximum atomic E-state index is 9.59. The summed E-state index contributed by atoms with van der Waals surface area (Å²) in [5.74, 6) is -8.02. The number of carboxylic acid groups (broad SMARTS) is 6. The van der Waals surface area contributed by atoms with Gasteiger partial charge in [-0.05, 0) is 0 Å². The Labute approximate surface area is 193 Å². The molecule has 3 N–H and O–H groups in total. The molecule has 0 amide bonds. The van der Waals surface area contributed by atoms with E-state index >= 15 is 0 Å². The molecule has 0 atom stereocenters. The van der Waals surface area contributed by atoms with Crippen LogP contribution in [0.1, 0.15) is 0 Å². The van der Waals surface area contributed by atoms with Crippen molar-refractivity contribution in [2.75, 3.05) is 39.3 Å². The quantitative estimate of drug-likeness (QED) is 0.191. The van der Waals surface area contributed by atoms with Crippen molar-refractivity contribution in [3.8, 4) is 0 Å². The monoisotopic (exact) mass is 546 g/mol. The summed E-state index contributed by atoms with van der Waals surface area (Å²) in [7, 11) is 0. The van der Waals surface area contributed by atoms with Gasteiger partial charge in [0.05, 0.1) is 35.8 Å². The molecular formula is C12H15CuN3O12Zr. The van der Waals surface area contributed by atoms with Gasteiger partial charge in [-0.15, -0.1) is 0 Å². The SMILES string of the molecule is O=C([O-])CNCC(=O)[O-].O=C([O-])CNCC(=O)[O-].O=C([O-])CNCC(=O)[O-].[Cu+2].[Zr+4]. The molecular weight excluding hydrogens is 533 g/mol. The molecule has 0 spiro atoms. The van der Waals surface area contributed by atoms with E-state index in [2.05, 4.69) is 16.0 Å². The van der Waals surface area contributed by atoms with Crippen molar-refractivity contribution in [2.24, 2.45) is 0 Å². The Balaban J connectivity index is -0.0000000960. The zero-order chi connectivity index (χ0) is 21.8. The van der Waals surface area contributed by atoms with Gasteiger partial charge < -0.3 is 75.4 Å². The van der Waals surface area contributed by atoms with E-state index in [1.54, 1.807) is 0 Å². The Bertz CT molecular complexity index is 407. The van der Waals surface area contributed by atoms with Gasteiger partial charge in [0.15, 0.2) is 0 Å². The number of rotatable bonds is 12. The number of hydrogen-bond donors (Lipinski definition) is 3. The Hall–Kier alpha value is -1.90. The predicted octanol–water partition coefficient (Wildman–Crippen LogP) is -11.8. The number of nitrogens with one attached hydrogen (secondary N) is 3. The van der Waals surface area contributed by atoms with Gasteiger partial charge in [-0.3, -0.25) is 0 Å². The summed E-state index contributed by atoms with van der Waals surface area (Å²) in [6, 6.07) is 0. The fourth-order valence-electron chi connectivity index (χ4n) is 0.800. The third-order valence-corrected chi connectivity index (χ3v) is 1.62. The van der Waals surface area contributed by atoms with E-state index in [0.717, 1.165) is 0 Å². The zero-order valence-corrected chi connectivity index (χ0v) is 17.8. The molecule has 1 radical (unpaired) electrons. The average molecular weight is 548 g/mol. The Kier molecular flexibility index (Phi) is 34.0. The van der Waals surface area contributed by atoms with Crippen LogP contribution >= 0.6 is 0 Å². The summed E-state index contributed by atoms with van der Waals surface area (Å²) in [5.41, 5.74) is 0. The van der Waals surface area contributed by atoms with Crippen molar-refractivity contribution >= 4 is 35.8 Å². The van der Waals surface area contributed by atoms with Crippen molar-refractivity contribution in [3.05, 3.63) is 0 Å². The van der Waals surface area contributed by atoms with Crippen LogP contribution in [0, 0.1) is 0 Å². The van der Waals surface area contributed by atoms with Crippen LogP contribution in [0.3, 0.4) is 0 Å². The predicted molar refractivity (Wildman–Crippen MR) is 68.7 cm³/mol. The zero-order valence-electron chi connectivity index (χ0n) is 14.4. The van der Waals surface area contributed by atoms with Crippen LogP contribution in [0.15, 0.2) is 0 Å². The second-order valence-corrected chi connectivity index (χ2v) is 4.04. The van der Waals surface area contributed by atoms with Gasteiger partial charge in [0, 0.05) is 39.3 Å². The Morgan fingerprint density at radius 1 is 0.414 bits per heavy atom. The molecule has 0 aliphatic carbocycles. The first-order chi connectivity index (χ1) is 12.4. The fraction of sp³-hybridized carbons (Fsp3) is 0.500. The van der Waals surface area contributed by atoms with Crippen LogP contribution in [0.25, 0.3) is 0 Å². The van der Waals surface area contributed by atoms with Gasteiger partial charge >= 0.3 is 43.3 Å². The molecule has 0 bridgehead atoms. The van der Waals surface area contributed by atoms with Gasteiger partial charge in [0.25, 0.3) is 0 Å². The normalized spacial score (nSPS) is 8.28. The van der Waals surface area contributed by atoms with E-state index in [4.69, 9.17) is 0 Å². The van der Waals surface area contributed by atoms with E-state index in [9.17, 15) is 59.4 Å². The van der Waals surface area contributed by atoms with Crippen molar-refractivity contribution in [2.45, 2.75) is 0 Å². The van der Waals surface area contributed by atoms with E-state index in [0.29, 0.717) is 0 Å². The summed E-state index contributed by atoms with van der Waals surface area (Å²) in [6.45, 7) is -2.79. The van der Waals surface area contributed by atoms with Crippen LogP contribution in [0.4, 0.5) is 0 Å². The van der Waals surface area contributed by atoms with E-state index < -0.39 is 75.1 Å². The van der Waals surface area contributed by atoms with Crippen LogP contribution in [0.5, 0.6) is 0 Å². The maximum Gasteiger partial charge on any atom is 4.00 e. The first kappa shape index (κ1) is 37.8. The third-order valence-electron chi connectivity index (χ3n) is 1.62. The number of hydrogen-bond acceptors (Lipinski definition) is 15. The topological polar surface area (TPSA) is 277 Å². The molecule has 0 rings (SSSR count). The van der Waals surface area contributed by atoms with Crippen molar-refractivity contribution in [3.63, 3.8) is 0 Å². The molecule has 165 valence electrons. The molecule has 17 heteroatoms. The first-order valence-corrected chi connectivity index (χ1v) is 6.69. The molecule has 0 aromatic heterocycles. The summed E-state index contributed by atoms with van der Waals surface area (Å²) >= 11 is 0. The summed E-state index contributed by atoms with van der Waals surface area (Å²) in [4.78, 5) is 57.6. The Morgan fingerprint density at radius 3 is 0.586 bits per heavy atom. The van der Waals surface area contributed by atoms with Crippen LogP contribution in [-0.4, -0.2) is 75.1 Å². The first-order valence-electron chi connectivity index (χ1n) is 6.69. The van der Waals surface area contributed by atoms with Crippen LogP contribution in [-0.2, 0) is 72.0 Å². The van der Waals surface area contributed by atoms with Gasteiger partial charge in [-0.2, -0.15) is 0 Å². The van der Waals surface area contributed by atoms with E-state index in [-0.39, 0.29) is 43.3 Å². The smallest absolute Gasteiger partial charge is 0.549 e.